The van der Waals surface area contributed by atoms with Gasteiger partial charge in [-0.05, 0) is 116 Å². The molecule has 0 aromatic rings. The molecule has 0 aliphatic carbocycles. The second kappa shape index (κ2) is 59.3. The first-order valence-electron chi connectivity index (χ1n) is 30.8. The van der Waals surface area contributed by atoms with Crippen LogP contribution < -0.4 is 0 Å². The monoisotopic (exact) mass is 1110 g/mol. The number of hydrogen-bond acceptors (Lipinski definition) is 10. The molecular formula is C66H111O11P. The zero-order valence-electron chi connectivity index (χ0n) is 49.3. The van der Waals surface area contributed by atoms with E-state index in [2.05, 4.69) is 118 Å². The lowest BCUT2D eigenvalue weighted by molar-refractivity contribution is -0.161. The van der Waals surface area contributed by atoms with Gasteiger partial charge in [0.15, 0.2) is 6.10 Å². The van der Waals surface area contributed by atoms with E-state index in [1.807, 2.05) is 12.2 Å². The molecule has 0 spiro atoms. The number of hydrogen-bond donors (Lipinski definition) is 2. The molecular weight excluding hydrogens is 1000 g/mol. The van der Waals surface area contributed by atoms with Gasteiger partial charge in [0.25, 0.3) is 0 Å². The molecule has 0 rings (SSSR count). The highest BCUT2D eigenvalue weighted by molar-refractivity contribution is 7.47. The average Bonchev–Trinajstić information content (AvgIpc) is 3.43. The summed E-state index contributed by atoms with van der Waals surface area (Å²) >= 11 is 0. The molecule has 0 aromatic heterocycles. The summed E-state index contributed by atoms with van der Waals surface area (Å²) in [6, 6.07) is 0. The fourth-order valence-corrected chi connectivity index (χ4v) is 8.78. The molecule has 0 heterocycles. The van der Waals surface area contributed by atoms with E-state index in [4.69, 9.17) is 23.3 Å². The van der Waals surface area contributed by atoms with Crippen molar-refractivity contribution < 1.29 is 52.2 Å². The third-order valence-corrected chi connectivity index (χ3v) is 13.6. The van der Waals surface area contributed by atoms with Crippen LogP contribution in [0.3, 0.4) is 0 Å². The first kappa shape index (κ1) is 74.1. The van der Waals surface area contributed by atoms with Crippen molar-refractivity contribution >= 4 is 25.7 Å². The Hall–Kier alpha value is -3.86. The highest BCUT2D eigenvalue weighted by Gasteiger charge is 2.28. The summed E-state index contributed by atoms with van der Waals surface area (Å²) in [4.78, 5) is 48.6. The molecule has 3 atom stereocenters. The van der Waals surface area contributed by atoms with Crippen LogP contribution in [0.15, 0.2) is 109 Å². The average molecular weight is 1110 g/mol. The van der Waals surface area contributed by atoms with Gasteiger partial charge in [0.1, 0.15) is 12.7 Å². The van der Waals surface area contributed by atoms with Crippen LogP contribution in [0.1, 0.15) is 252 Å². The van der Waals surface area contributed by atoms with E-state index in [0.29, 0.717) is 19.3 Å². The SMILES string of the molecule is CC/C=C\C/C=C\C/C=C\C/C=C\C/C=C\C/C=C\CCC(=O)OCC(COP(=O)(O)OCC(CO)OC(=O)CCCCCCC/C=C\CCCCCC)OC(=O)CCCCCCCCCCC/C=C\C/C=C\CCCCC. The molecule has 0 saturated heterocycles. The second-order valence-corrected chi connectivity index (χ2v) is 21.6. The number of ether oxygens (including phenoxy) is 3. The van der Waals surface area contributed by atoms with Gasteiger partial charge in [-0.2, -0.15) is 0 Å². The number of aliphatic hydroxyl groups is 1. The maximum Gasteiger partial charge on any atom is 0.472 e. The first-order valence-corrected chi connectivity index (χ1v) is 32.3. The Morgan fingerprint density at radius 1 is 0.372 bits per heavy atom. The largest absolute Gasteiger partial charge is 0.472 e. The quantitative estimate of drug-likeness (QED) is 0.0197. The summed E-state index contributed by atoms with van der Waals surface area (Å²) in [5, 5.41) is 9.82. The molecule has 11 nitrogen and oxygen atoms in total. The molecule has 78 heavy (non-hydrogen) atoms. The van der Waals surface area contributed by atoms with Crippen molar-refractivity contribution in [1.82, 2.24) is 0 Å². The molecule has 0 bridgehead atoms. The number of unbranched alkanes of at least 4 members (excludes halogenated alkanes) is 21. The lowest BCUT2D eigenvalue weighted by Crippen LogP contribution is -2.30. The topological polar surface area (TPSA) is 155 Å². The van der Waals surface area contributed by atoms with E-state index in [1.54, 1.807) is 0 Å². The number of esters is 3. The molecule has 0 radical (unpaired) electrons. The zero-order valence-corrected chi connectivity index (χ0v) is 50.2. The Labute approximate surface area is 475 Å². The minimum absolute atomic E-state index is 0.0957. The number of rotatable bonds is 56. The van der Waals surface area contributed by atoms with Gasteiger partial charge in [-0.1, -0.05) is 226 Å². The standard InChI is InChI=1S/C66H111O11P/c1-4-7-10-13-16-19-22-25-27-29-31-33-35-38-40-43-46-49-52-55-64(68)73-59-63(77-66(70)57-54-51-48-45-42-39-36-34-32-30-28-26-23-20-17-14-11-8-5-2)61-75-78(71,72)74-60-62(58-67)76-65(69)56-53-50-47-44-41-37-24-21-18-15-12-9-6-3/h7,10,16-17,19-21,24-28,31,33,38,40,46,49,62-63,67H,4-6,8-9,11-15,18,22-23,29-30,32,34-37,39,41-45,47-48,50-61H2,1-3H3,(H,71,72)/b10-7-,19-16-,20-17-,24-21-,27-25-,28-26-,33-31-,40-38-,49-46-. The van der Waals surface area contributed by atoms with Crippen molar-refractivity contribution in [3.8, 4) is 0 Å². The molecule has 3 unspecified atom stereocenters. The maximum atomic E-state index is 12.9. The second-order valence-electron chi connectivity index (χ2n) is 20.1. The highest BCUT2D eigenvalue weighted by Crippen LogP contribution is 2.43. The van der Waals surface area contributed by atoms with E-state index < -0.39 is 57.8 Å². The van der Waals surface area contributed by atoms with E-state index in [1.165, 1.54) is 77.0 Å². The highest BCUT2D eigenvalue weighted by atomic mass is 31.2. The van der Waals surface area contributed by atoms with E-state index in [-0.39, 0.29) is 25.9 Å². The van der Waals surface area contributed by atoms with E-state index in [0.717, 1.165) is 116 Å². The predicted octanol–water partition coefficient (Wildman–Crippen LogP) is 18.6. The molecule has 0 aliphatic rings. The smallest absolute Gasteiger partial charge is 0.462 e. The number of phosphoric ester groups is 1. The third-order valence-electron chi connectivity index (χ3n) is 12.7. The Morgan fingerprint density at radius 3 is 1.12 bits per heavy atom. The Kier molecular flexibility index (Phi) is 56.3. The summed E-state index contributed by atoms with van der Waals surface area (Å²) in [5.41, 5.74) is 0. The molecule has 2 N–H and O–H groups in total. The van der Waals surface area contributed by atoms with Crippen molar-refractivity contribution in [2.45, 2.75) is 264 Å². The van der Waals surface area contributed by atoms with Crippen LogP contribution in [0.4, 0.5) is 0 Å². The van der Waals surface area contributed by atoms with Crippen molar-refractivity contribution in [2.75, 3.05) is 26.4 Å². The van der Waals surface area contributed by atoms with Gasteiger partial charge in [-0.25, -0.2) is 4.57 Å². The molecule has 12 heteroatoms. The van der Waals surface area contributed by atoms with Crippen molar-refractivity contribution in [3.63, 3.8) is 0 Å². The predicted molar refractivity (Wildman–Crippen MR) is 325 cm³/mol. The van der Waals surface area contributed by atoms with Crippen molar-refractivity contribution in [2.24, 2.45) is 0 Å². The number of phosphoric acid groups is 1. The molecule has 0 amide bonds. The molecule has 0 aromatic carbocycles. The summed E-state index contributed by atoms with van der Waals surface area (Å²) in [6.45, 7) is 4.40. The lowest BCUT2D eigenvalue weighted by atomic mass is 10.1. The van der Waals surface area contributed by atoms with Crippen LogP contribution in [0.5, 0.6) is 0 Å². The van der Waals surface area contributed by atoms with E-state index in [9.17, 15) is 28.9 Å². The minimum Gasteiger partial charge on any atom is -0.462 e. The van der Waals surface area contributed by atoms with Crippen LogP contribution in [-0.4, -0.2) is 66.5 Å². The Bertz CT molecular complexity index is 1720. The third kappa shape index (κ3) is 56.8. The van der Waals surface area contributed by atoms with Crippen molar-refractivity contribution in [3.05, 3.63) is 109 Å². The minimum atomic E-state index is -4.78. The fourth-order valence-electron chi connectivity index (χ4n) is 7.99. The van der Waals surface area contributed by atoms with Gasteiger partial charge < -0.3 is 24.2 Å². The number of carbonyl (C=O) groups is 3. The number of allylic oxidation sites excluding steroid dienone is 18. The van der Waals surface area contributed by atoms with Gasteiger partial charge in [0.05, 0.1) is 19.8 Å². The summed E-state index contributed by atoms with van der Waals surface area (Å²) in [5.74, 6) is -1.58. The van der Waals surface area contributed by atoms with Gasteiger partial charge in [0.2, 0.25) is 0 Å². The first-order chi connectivity index (χ1) is 38.2. The molecule has 0 saturated carbocycles. The van der Waals surface area contributed by atoms with Gasteiger partial charge >= 0.3 is 25.7 Å². The summed E-state index contributed by atoms with van der Waals surface area (Å²) in [6.07, 6.45) is 72.0. The van der Waals surface area contributed by atoms with E-state index >= 15 is 0 Å². The molecule has 446 valence electrons. The fraction of sp³-hybridized carbons (Fsp3) is 0.682. The summed E-state index contributed by atoms with van der Waals surface area (Å²) in [7, 11) is -4.78. The Balaban J connectivity index is 4.84. The van der Waals surface area contributed by atoms with Gasteiger partial charge in [0, 0.05) is 19.3 Å². The molecule has 0 fully saturated rings. The molecule has 0 aliphatic heterocycles. The van der Waals surface area contributed by atoms with Crippen LogP contribution in [0.2, 0.25) is 0 Å². The van der Waals surface area contributed by atoms with Crippen LogP contribution in [0, 0.1) is 0 Å². The van der Waals surface area contributed by atoms with Gasteiger partial charge in [-0.3, -0.25) is 23.4 Å². The maximum absolute atomic E-state index is 12.9. The lowest BCUT2D eigenvalue weighted by Gasteiger charge is -2.21. The number of carbonyl (C=O) groups excluding carboxylic acids is 3. The van der Waals surface area contributed by atoms with Crippen LogP contribution in [0.25, 0.3) is 0 Å². The van der Waals surface area contributed by atoms with Crippen LogP contribution >= 0.6 is 7.82 Å². The summed E-state index contributed by atoms with van der Waals surface area (Å²) < 4.78 is 39.5. The van der Waals surface area contributed by atoms with Crippen molar-refractivity contribution in [1.29, 1.82) is 0 Å². The zero-order chi connectivity index (χ0) is 56.9. The normalized spacial score (nSPS) is 14.1. The van der Waals surface area contributed by atoms with Gasteiger partial charge in [-0.15, -0.1) is 0 Å². The Morgan fingerprint density at radius 2 is 0.692 bits per heavy atom. The number of aliphatic hydroxyl groups excluding tert-OH is 1. The van der Waals surface area contributed by atoms with Crippen LogP contribution in [-0.2, 0) is 42.2 Å².